The molecule has 4 nitrogen and oxygen atoms in total. The highest BCUT2D eigenvalue weighted by Gasteiger charge is 2.16. The summed E-state index contributed by atoms with van der Waals surface area (Å²) in [5, 5.41) is 10.9. The molecule has 0 spiro atoms. The van der Waals surface area contributed by atoms with Crippen LogP contribution >= 0.6 is 24.0 Å². The number of thioether (sulfide) groups is 1. The van der Waals surface area contributed by atoms with Crippen LogP contribution < -0.4 is 0 Å². The summed E-state index contributed by atoms with van der Waals surface area (Å²) in [6.07, 6.45) is 3.46. The number of rotatable bonds is 6. The van der Waals surface area contributed by atoms with E-state index in [1.54, 1.807) is 30.4 Å². The fourth-order valence-electron chi connectivity index (χ4n) is 1.39. The molecule has 0 aliphatic rings. The lowest BCUT2D eigenvalue weighted by Crippen LogP contribution is -2.27. The Kier molecular flexibility index (Phi) is 6.24. The largest absolute Gasteiger partial charge is 0.350 e. The molecule has 0 atom stereocenters. The molecule has 0 heterocycles. The van der Waals surface area contributed by atoms with E-state index in [1.165, 1.54) is 17.8 Å². The minimum atomic E-state index is -0.406. The van der Waals surface area contributed by atoms with Crippen LogP contribution in [0, 0.1) is 10.1 Å². The first kappa shape index (κ1) is 15.4. The van der Waals surface area contributed by atoms with Crippen molar-refractivity contribution in [2.24, 2.45) is 0 Å². The van der Waals surface area contributed by atoms with Gasteiger partial charge < -0.3 is 4.90 Å². The molecule has 0 bridgehead atoms. The number of nitrogens with zero attached hydrogens (tertiary/aromatic N) is 2. The summed E-state index contributed by atoms with van der Waals surface area (Å²) < 4.78 is 0.564. The molecular formula is C13H14N2O2S2. The summed E-state index contributed by atoms with van der Waals surface area (Å²) in [6, 6.07) is 6.55. The minimum Gasteiger partial charge on any atom is -0.350 e. The van der Waals surface area contributed by atoms with Gasteiger partial charge in [-0.2, -0.15) is 0 Å². The summed E-state index contributed by atoms with van der Waals surface area (Å²) in [7, 11) is 0. The van der Waals surface area contributed by atoms with Crippen LogP contribution in [0.1, 0.15) is 0 Å². The van der Waals surface area contributed by atoms with Gasteiger partial charge >= 0.3 is 0 Å². The zero-order valence-electron chi connectivity index (χ0n) is 10.3. The van der Waals surface area contributed by atoms with Crippen molar-refractivity contribution in [3.63, 3.8) is 0 Å². The van der Waals surface area contributed by atoms with Gasteiger partial charge in [0.1, 0.15) is 4.32 Å². The molecule has 0 saturated carbocycles. The molecule has 0 N–H and O–H groups in total. The van der Waals surface area contributed by atoms with Crippen LogP contribution in [-0.4, -0.2) is 27.2 Å². The lowest BCUT2D eigenvalue weighted by atomic mass is 10.3. The predicted octanol–water partition coefficient (Wildman–Crippen LogP) is 3.65. The van der Waals surface area contributed by atoms with Crippen molar-refractivity contribution in [2.75, 3.05) is 13.1 Å². The van der Waals surface area contributed by atoms with Crippen molar-refractivity contribution in [3.05, 3.63) is 59.7 Å². The van der Waals surface area contributed by atoms with Crippen LogP contribution in [0.5, 0.6) is 0 Å². The highest BCUT2D eigenvalue weighted by atomic mass is 32.2. The van der Waals surface area contributed by atoms with Crippen molar-refractivity contribution in [3.8, 4) is 0 Å². The zero-order chi connectivity index (χ0) is 14.3. The molecule has 1 aromatic carbocycles. The monoisotopic (exact) mass is 294 g/mol. The van der Waals surface area contributed by atoms with Gasteiger partial charge in [0, 0.05) is 19.2 Å². The molecule has 100 valence electrons. The van der Waals surface area contributed by atoms with Crippen LogP contribution in [0.15, 0.2) is 54.5 Å². The standard InChI is InChI=1S/C13H14N2O2S2/c1-3-9-14(10-4-2)13(18)19-12-8-6-5-7-11(12)15(16)17/h3-8H,1-2,9-10H2. The van der Waals surface area contributed by atoms with Gasteiger partial charge in [-0.05, 0) is 6.07 Å². The van der Waals surface area contributed by atoms with Crippen molar-refractivity contribution >= 4 is 34.0 Å². The molecule has 6 heteroatoms. The summed E-state index contributed by atoms with van der Waals surface area (Å²) in [5.74, 6) is 0. The van der Waals surface area contributed by atoms with E-state index >= 15 is 0 Å². The zero-order valence-corrected chi connectivity index (χ0v) is 12.0. The van der Waals surface area contributed by atoms with Crippen molar-refractivity contribution in [2.45, 2.75) is 4.90 Å². The van der Waals surface area contributed by atoms with Gasteiger partial charge in [-0.25, -0.2) is 0 Å². The molecule has 1 aromatic rings. The third-order valence-corrected chi connectivity index (χ3v) is 3.72. The highest BCUT2D eigenvalue weighted by Crippen LogP contribution is 2.30. The van der Waals surface area contributed by atoms with Gasteiger partial charge in [0.2, 0.25) is 0 Å². The minimum absolute atomic E-state index is 0.0620. The maximum Gasteiger partial charge on any atom is 0.283 e. The smallest absolute Gasteiger partial charge is 0.283 e. The van der Waals surface area contributed by atoms with E-state index < -0.39 is 4.92 Å². The summed E-state index contributed by atoms with van der Waals surface area (Å²) in [6.45, 7) is 8.49. The Balaban J connectivity index is 2.88. The van der Waals surface area contributed by atoms with E-state index in [0.717, 1.165) is 0 Å². The molecule has 19 heavy (non-hydrogen) atoms. The van der Waals surface area contributed by atoms with Crippen LogP contribution in [0.2, 0.25) is 0 Å². The summed E-state index contributed by atoms with van der Waals surface area (Å²) >= 11 is 6.51. The Morgan fingerprint density at radius 2 is 1.95 bits per heavy atom. The van der Waals surface area contributed by atoms with Gasteiger partial charge in [-0.15, -0.1) is 13.2 Å². The second-order valence-electron chi connectivity index (χ2n) is 3.58. The van der Waals surface area contributed by atoms with Gasteiger partial charge in [0.05, 0.1) is 9.82 Å². The third-order valence-electron chi connectivity index (χ3n) is 2.22. The molecule has 0 saturated heterocycles. The number of para-hydroxylation sites is 1. The first-order valence-electron chi connectivity index (χ1n) is 5.52. The second-order valence-corrected chi connectivity index (χ2v) is 5.25. The lowest BCUT2D eigenvalue weighted by Gasteiger charge is -2.21. The average molecular weight is 294 g/mol. The number of hydrogen-bond donors (Lipinski definition) is 0. The maximum atomic E-state index is 10.9. The topological polar surface area (TPSA) is 46.4 Å². The quantitative estimate of drug-likeness (QED) is 0.263. The van der Waals surface area contributed by atoms with E-state index in [4.69, 9.17) is 12.2 Å². The first-order valence-corrected chi connectivity index (χ1v) is 6.74. The fraction of sp³-hybridized carbons (Fsp3) is 0.154. The van der Waals surface area contributed by atoms with Gasteiger partial charge in [0.25, 0.3) is 5.69 Å². The van der Waals surface area contributed by atoms with E-state index in [-0.39, 0.29) is 5.69 Å². The Labute approximate surface area is 122 Å². The van der Waals surface area contributed by atoms with Crippen LogP contribution in [0.3, 0.4) is 0 Å². The van der Waals surface area contributed by atoms with E-state index in [1.807, 2.05) is 4.90 Å². The third kappa shape index (κ3) is 4.50. The first-order chi connectivity index (χ1) is 9.10. The molecule has 0 radical (unpaired) electrons. The number of thiocarbonyl (C=S) groups is 1. The summed E-state index contributed by atoms with van der Waals surface area (Å²) in [5.41, 5.74) is 0.0620. The fourth-order valence-corrected chi connectivity index (χ4v) is 2.67. The van der Waals surface area contributed by atoms with E-state index in [9.17, 15) is 10.1 Å². The molecule has 0 aliphatic carbocycles. The second kappa shape index (κ2) is 7.70. The van der Waals surface area contributed by atoms with Crippen LogP contribution in [0.25, 0.3) is 0 Å². The lowest BCUT2D eigenvalue weighted by molar-refractivity contribution is -0.387. The highest BCUT2D eigenvalue weighted by molar-refractivity contribution is 8.23. The molecule has 0 aromatic heterocycles. The number of nitro groups is 1. The molecule has 0 fully saturated rings. The van der Waals surface area contributed by atoms with Gasteiger partial charge in [0.15, 0.2) is 0 Å². The SMILES string of the molecule is C=CCN(CC=C)C(=S)Sc1ccccc1[N+](=O)[O-]. The Bertz CT molecular complexity index is 493. The molecule has 1 rings (SSSR count). The normalized spacial score (nSPS) is 9.68. The van der Waals surface area contributed by atoms with Gasteiger partial charge in [-0.3, -0.25) is 10.1 Å². The van der Waals surface area contributed by atoms with Crippen molar-refractivity contribution in [1.82, 2.24) is 4.90 Å². The Morgan fingerprint density at radius 1 is 1.37 bits per heavy atom. The van der Waals surface area contributed by atoms with E-state index in [0.29, 0.717) is 22.3 Å². The van der Waals surface area contributed by atoms with Crippen LogP contribution in [0.4, 0.5) is 5.69 Å². The molecular weight excluding hydrogens is 280 g/mol. The number of nitro benzene ring substituents is 1. The van der Waals surface area contributed by atoms with Crippen LogP contribution in [-0.2, 0) is 0 Å². The predicted molar refractivity (Wildman–Crippen MR) is 83.5 cm³/mol. The van der Waals surface area contributed by atoms with Gasteiger partial charge in [-0.1, -0.05) is 48.3 Å². The Hall–Kier alpha value is -1.66. The molecule has 0 amide bonds. The average Bonchev–Trinajstić information content (AvgIpc) is 2.38. The summed E-state index contributed by atoms with van der Waals surface area (Å²) in [4.78, 5) is 12.9. The van der Waals surface area contributed by atoms with E-state index in [2.05, 4.69) is 13.2 Å². The Morgan fingerprint density at radius 3 is 2.47 bits per heavy atom. The van der Waals surface area contributed by atoms with Crippen molar-refractivity contribution in [1.29, 1.82) is 0 Å². The molecule has 0 unspecified atom stereocenters. The number of benzene rings is 1. The molecule has 0 aliphatic heterocycles. The number of hydrogen-bond acceptors (Lipinski definition) is 4. The van der Waals surface area contributed by atoms with Crippen molar-refractivity contribution < 1.29 is 4.92 Å². The maximum absolute atomic E-state index is 10.9.